The molecule has 150 valence electrons. The van der Waals surface area contributed by atoms with Crippen molar-refractivity contribution in [1.82, 2.24) is 10.9 Å². The first kappa shape index (κ1) is 20.8. The second-order valence-electron chi connectivity index (χ2n) is 5.98. The highest BCUT2D eigenvalue weighted by molar-refractivity contribution is 7.94. The summed E-state index contributed by atoms with van der Waals surface area (Å²) in [6, 6.07) is 17.0. The molecule has 7 nitrogen and oxygen atoms in total. The Morgan fingerprint density at radius 3 is 2.38 bits per heavy atom. The molecule has 1 aromatic heterocycles. The number of hydrazine groups is 1. The number of hydrogen-bond acceptors (Lipinski definition) is 5. The van der Waals surface area contributed by atoms with Crippen molar-refractivity contribution >= 4 is 56.0 Å². The van der Waals surface area contributed by atoms with Gasteiger partial charge < -0.3 is 5.32 Å². The zero-order valence-electron chi connectivity index (χ0n) is 15.3. The van der Waals surface area contributed by atoms with Gasteiger partial charge >= 0.3 is 0 Å². The fourth-order valence-electron chi connectivity index (χ4n) is 2.36. The maximum atomic E-state index is 12.5. The van der Waals surface area contributed by atoms with Crippen molar-refractivity contribution in [2.75, 3.05) is 10.0 Å². The smallest absolute Gasteiger partial charge is 0.271 e. The summed E-state index contributed by atoms with van der Waals surface area (Å²) in [5.74, 6) is -0.539. The minimum Gasteiger partial charge on any atom is -0.331 e. The first-order chi connectivity index (χ1) is 13.8. The Balaban J connectivity index is 1.65. The van der Waals surface area contributed by atoms with E-state index in [1.54, 1.807) is 23.6 Å². The van der Waals surface area contributed by atoms with Gasteiger partial charge in [-0.25, -0.2) is 8.42 Å². The molecule has 0 bridgehead atoms. The molecular weight excluding hydrogens is 428 g/mol. The summed E-state index contributed by atoms with van der Waals surface area (Å²) in [5.41, 5.74) is 7.27. The van der Waals surface area contributed by atoms with Gasteiger partial charge in [-0.05, 0) is 54.9 Å². The van der Waals surface area contributed by atoms with Gasteiger partial charge in [0.25, 0.3) is 15.9 Å². The summed E-state index contributed by atoms with van der Waals surface area (Å²) in [7, 11) is -3.77. The normalized spacial score (nSPS) is 10.8. The van der Waals surface area contributed by atoms with Crippen molar-refractivity contribution in [3.05, 3.63) is 77.2 Å². The first-order valence-corrected chi connectivity index (χ1v) is 11.2. The quantitative estimate of drug-likeness (QED) is 0.354. The standard InChI is InChI=1S/C19H18N4O3S3/c1-13-8-10-14(11-9-13)20-19(27)22-21-18(24)15-5-2-3-6-16(15)23-29(25,26)17-7-4-12-28-17/h2-12,23H,1H3,(H,21,24)(H2,20,22,27). The average molecular weight is 447 g/mol. The molecular formula is C19H18N4O3S3. The number of rotatable bonds is 5. The minimum absolute atomic E-state index is 0.151. The molecule has 3 aromatic rings. The van der Waals surface area contributed by atoms with Gasteiger partial charge in [-0.1, -0.05) is 35.9 Å². The van der Waals surface area contributed by atoms with Crippen LogP contribution in [0.4, 0.5) is 11.4 Å². The van der Waals surface area contributed by atoms with Crippen LogP contribution in [0.15, 0.2) is 70.3 Å². The van der Waals surface area contributed by atoms with Crippen molar-refractivity contribution in [1.29, 1.82) is 0 Å². The average Bonchev–Trinajstić information content (AvgIpc) is 3.24. The third-order valence-electron chi connectivity index (χ3n) is 3.77. The first-order valence-electron chi connectivity index (χ1n) is 8.44. The molecule has 0 aliphatic heterocycles. The zero-order valence-corrected chi connectivity index (χ0v) is 17.7. The van der Waals surface area contributed by atoms with Gasteiger partial charge in [0.1, 0.15) is 4.21 Å². The number of amides is 1. The van der Waals surface area contributed by atoms with Crippen LogP contribution in [-0.2, 0) is 10.0 Å². The van der Waals surface area contributed by atoms with Crippen LogP contribution in [0, 0.1) is 6.92 Å². The van der Waals surface area contributed by atoms with Gasteiger partial charge in [-0.15, -0.1) is 11.3 Å². The highest BCUT2D eigenvalue weighted by atomic mass is 32.2. The monoisotopic (exact) mass is 446 g/mol. The molecule has 2 aromatic carbocycles. The van der Waals surface area contributed by atoms with Crippen molar-refractivity contribution < 1.29 is 13.2 Å². The van der Waals surface area contributed by atoms with E-state index in [4.69, 9.17) is 12.2 Å². The van der Waals surface area contributed by atoms with E-state index < -0.39 is 15.9 Å². The Kier molecular flexibility index (Phi) is 6.47. The lowest BCUT2D eigenvalue weighted by Crippen LogP contribution is -2.44. The summed E-state index contributed by atoms with van der Waals surface area (Å²) in [5, 5.41) is 4.80. The van der Waals surface area contributed by atoms with E-state index in [-0.39, 0.29) is 20.6 Å². The third-order valence-corrected chi connectivity index (χ3v) is 6.74. The summed E-state index contributed by atoms with van der Waals surface area (Å²) >= 11 is 6.26. The van der Waals surface area contributed by atoms with E-state index in [2.05, 4.69) is 20.9 Å². The topological polar surface area (TPSA) is 99.3 Å². The van der Waals surface area contributed by atoms with E-state index in [1.165, 1.54) is 18.2 Å². The van der Waals surface area contributed by atoms with E-state index in [0.29, 0.717) is 0 Å². The van der Waals surface area contributed by atoms with Crippen LogP contribution in [0.5, 0.6) is 0 Å². The minimum atomic E-state index is -3.77. The van der Waals surface area contributed by atoms with Crippen molar-refractivity contribution in [2.45, 2.75) is 11.1 Å². The highest BCUT2D eigenvalue weighted by Gasteiger charge is 2.19. The van der Waals surface area contributed by atoms with Crippen LogP contribution in [-0.4, -0.2) is 19.4 Å². The zero-order chi connectivity index (χ0) is 20.9. The molecule has 0 saturated carbocycles. The number of sulfonamides is 1. The number of carbonyl (C=O) groups excluding carboxylic acids is 1. The summed E-state index contributed by atoms with van der Waals surface area (Å²) in [4.78, 5) is 12.5. The SMILES string of the molecule is Cc1ccc(NC(=S)NNC(=O)c2ccccc2NS(=O)(=O)c2cccs2)cc1. The molecule has 0 aliphatic carbocycles. The fourth-order valence-corrected chi connectivity index (χ4v) is 4.60. The number of benzene rings is 2. The van der Waals surface area contributed by atoms with E-state index in [9.17, 15) is 13.2 Å². The largest absolute Gasteiger partial charge is 0.331 e. The lowest BCUT2D eigenvalue weighted by molar-refractivity contribution is 0.0945. The lowest BCUT2D eigenvalue weighted by atomic mass is 10.2. The molecule has 1 heterocycles. The Morgan fingerprint density at radius 2 is 1.69 bits per heavy atom. The number of aryl methyl sites for hydroxylation is 1. The van der Waals surface area contributed by atoms with Gasteiger partial charge in [-0.2, -0.15) is 0 Å². The second-order valence-corrected chi connectivity index (χ2v) is 9.25. The summed E-state index contributed by atoms with van der Waals surface area (Å²) in [6.45, 7) is 1.98. The Bertz CT molecular complexity index is 1110. The number of nitrogens with one attached hydrogen (secondary N) is 4. The van der Waals surface area contributed by atoms with Gasteiger partial charge in [-0.3, -0.25) is 20.4 Å². The summed E-state index contributed by atoms with van der Waals surface area (Å²) < 4.78 is 27.5. The molecule has 0 spiro atoms. The predicted molar refractivity (Wildman–Crippen MR) is 120 cm³/mol. The number of hydrogen-bond donors (Lipinski definition) is 4. The summed E-state index contributed by atoms with van der Waals surface area (Å²) in [6.07, 6.45) is 0. The molecule has 3 rings (SSSR count). The predicted octanol–water partition coefficient (Wildman–Crippen LogP) is 3.49. The van der Waals surface area contributed by atoms with Crippen LogP contribution in [0.1, 0.15) is 15.9 Å². The fraction of sp³-hybridized carbons (Fsp3) is 0.0526. The van der Waals surface area contributed by atoms with Gasteiger partial charge in [0.2, 0.25) is 0 Å². The van der Waals surface area contributed by atoms with Gasteiger partial charge in [0.15, 0.2) is 5.11 Å². The van der Waals surface area contributed by atoms with E-state index in [1.807, 2.05) is 31.2 Å². The van der Waals surface area contributed by atoms with Crippen molar-refractivity contribution in [3.63, 3.8) is 0 Å². The molecule has 0 radical (unpaired) electrons. The second kappa shape index (κ2) is 9.03. The third kappa shape index (κ3) is 5.53. The van der Waals surface area contributed by atoms with Crippen LogP contribution in [0.2, 0.25) is 0 Å². The maximum absolute atomic E-state index is 12.5. The van der Waals surface area contributed by atoms with Crippen LogP contribution in [0.25, 0.3) is 0 Å². The Labute approximate surface area is 178 Å². The van der Waals surface area contributed by atoms with Gasteiger partial charge in [0, 0.05) is 5.69 Å². The molecule has 1 amide bonds. The maximum Gasteiger partial charge on any atom is 0.271 e. The molecule has 0 unspecified atom stereocenters. The molecule has 10 heteroatoms. The van der Waals surface area contributed by atoms with E-state index >= 15 is 0 Å². The number of thiophene rings is 1. The highest BCUT2D eigenvalue weighted by Crippen LogP contribution is 2.22. The van der Waals surface area contributed by atoms with Gasteiger partial charge in [0.05, 0.1) is 11.3 Å². The van der Waals surface area contributed by atoms with Crippen LogP contribution < -0.4 is 20.9 Å². The molecule has 0 atom stereocenters. The van der Waals surface area contributed by atoms with Crippen molar-refractivity contribution in [2.24, 2.45) is 0 Å². The number of carbonyl (C=O) groups is 1. The molecule has 0 aliphatic rings. The molecule has 0 fully saturated rings. The Morgan fingerprint density at radius 1 is 0.966 bits per heavy atom. The molecule has 4 N–H and O–H groups in total. The number of anilines is 2. The number of thiocarbonyl (C=S) groups is 1. The Hall–Kier alpha value is -2.95. The van der Waals surface area contributed by atoms with E-state index in [0.717, 1.165) is 22.6 Å². The van der Waals surface area contributed by atoms with Crippen LogP contribution in [0.3, 0.4) is 0 Å². The number of para-hydroxylation sites is 1. The molecule has 29 heavy (non-hydrogen) atoms. The van der Waals surface area contributed by atoms with Crippen molar-refractivity contribution in [3.8, 4) is 0 Å². The lowest BCUT2D eigenvalue weighted by Gasteiger charge is -2.14. The van der Waals surface area contributed by atoms with Crippen LogP contribution >= 0.6 is 23.6 Å². The molecule has 0 saturated heterocycles.